The summed E-state index contributed by atoms with van der Waals surface area (Å²) in [5.74, 6) is -0.0211. The van der Waals surface area contributed by atoms with Gasteiger partial charge in [-0.2, -0.15) is 0 Å². The summed E-state index contributed by atoms with van der Waals surface area (Å²) in [7, 11) is 0. The van der Waals surface area contributed by atoms with Crippen LogP contribution in [0.2, 0.25) is 0 Å². The molecule has 1 N–H and O–H groups in total. The maximum absolute atomic E-state index is 13.9. The largest absolute Gasteiger partial charge is 0.388 e. The summed E-state index contributed by atoms with van der Waals surface area (Å²) in [5.41, 5.74) is 3.00. The van der Waals surface area contributed by atoms with Gasteiger partial charge < -0.3 is 5.11 Å². The fourth-order valence-electron chi connectivity index (χ4n) is 2.75. The minimum Gasteiger partial charge on any atom is -0.388 e. The average Bonchev–Trinajstić information content (AvgIpc) is 2.39. The molecule has 2 aromatic rings. The number of hydrogen-bond donors (Lipinski definition) is 1. The lowest BCUT2D eigenvalue weighted by molar-refractivity contribution is 0.149. The zero-order valence-electron chi connectivity index (χ0n) is 10.3. The summed E-state index contributed by atoms with van der Waals surface area (Å²) in [6.07, 6.45) is 0.795. The minimum atomic E-state index is -0.754. The third-order valence-electron chi connectivity index (χ3n) is 3.81. The molecule has 1 nitrogen and oxygen atoms in total. The fourth-order valence-corrected chi connectivity index (χ4v) is 3.13. The Hall–Kier alpha value is -1.19. The first-order chi connectivity index (χ1) is 9.16. The fraction of sp³-hybridized carbons (Fsp3) is 0.250. The lowest BCUT2D eigenvalue weighted by Crippen LogP contribution is -2.19. The highest BCUT2D eigenvalue weighted by Gasteiger charge is 2.28. The van der Waals surface area contributed by atoms with E-state index < -0.39 is 6.10 Å². The van der Waals surface area contributed by atoms with Crippen LogP contribution in [-0.2, 0) is 6.42 Å². The van der Waals surface area contributed by atoms with Gasteiger partial charge in [0.25, 0.3) is 0 Å². The molecule has 0 aliphatic heterocycles. The number of rotatable bonds is 3. The van der Waals surface area contributed by atoms with E-state index in [-0.39, 0.29) is 5.82 Å². The van der Waals surface area contributed by atoms with Gasteiger partial charge in [-0.05, 0) is 51.9 Å². The molecule has 98 valence electrons. The zero-order valence-corrected chi connectivity index (χ0v) is 11.9. The molecule has 3 rings (SSSR count). The second-order valence-corrected chi connectivity index (χ2v) is 5.85. The van der Waals surface area contributed by atoms with Crippen LogP contribution in [-0.4, -0.2) is 5.11 Å². The topological polar surface area (TPSA) is 20.2 Å². The summed E-state index contributed by atoms with van der Waals surface area (Å²) in [6, 6.07) is 13.3. The van der Waals surface area contributed by atoms with Crippen LogP contribution >= 0.6 is 15.9 Å². The summed E-state index contributed by atoms with van der Waals surface area (Å²) in [5, 5.41) is 10.2. The van der Waals surface area contributed by atoms with Gasteiger partial charge >= 0.3 is 0 Å². The summed E-state index contributed by atoms with van der Waals surface area (Å²) in [4.78, 5) is 0. The molecule has 0 aromatic heterocycles. The second-order valence-electron chi connectivity index (χ2n) is 4.99. The van der Waals surface area contributed by atoms with Crippen molar-refractivity contribution in [3.05, 3.63) is 69.4 Å². The van der Waals surface area contributed by atoms with Crippen LogP contribution < -0.4 is 0 Å². The zero-order chi connectivity index (χ0) is 13.4. The first-order valence-corrected chi connectivity index (χ1v) is 7.16. The molecule has 0 fully saturated rings. The molecule has 2 aromatic carbocycles. The molecule has 0 bridgehead atoms. The highest BCUT2D eigenvalue weighted by Crippen LogP contribution is 2.41. The van der Waals surface area contributed by atoms with Crippen LogP contribution in [0, 0.1) is 5.82 Å². The van der Waals surface area contributed by atoms with Gasteiger partial charge in [-0.3, -0.25) is 0 Å². The maximum Gasteiger partial charge on any atom is 0.143 e. The molecular weight excluding hydrogens is 307 g/mol. The van der Waals surface area contributed by atoms with E-state index in [1.807, 2.05) is 12.1 Å². The third kappa shape index (κ3) is 2.33. The van der Waals surface area contributed by atoms with Crippen LogP contribution in [0.15, 0.2) is 46.9 Å². The first kappa shape index (κ1) is 12.8. The SMILES string of the molecule is OC(CC1Cc2ccccc21)c1cccc(Br)c1F. The van der Waals surface area contributed by atoms with E-state index in [0.29, 0.717) is 22.4 Å². The smallest absolute Gasteiger partial charge is 0.143 e. The van der Waals surface area contributed by atoms with Crippen molar-refractivity contribution in [2.75, 3.05) is 0 Å². The molecule has 0 saturated heterocycles. The molecule has 0 spiro atoms. The van der Waals surface area contributed by atoms with Crippen molar-refractivity contribution in [1.82, 2.24) is 0 Å². The van der Waals surface area contributed by atoms with Crippen molar-refractivity contribution in [2.24, 2.45) is 0 Å². The monoisotopic (exact) mass is 320 g/mol. The average molecular weight is 321 g/mol. The van der Waals surface area contributed by atoms with Gasteiger partial charge in [-0.1, -0.05) is 36.4 Å². The Bertz CT molecular complexity index is 611. The molecule has 19 heavy (non-hydrogen) atoms. The molecule has 2 atom stereocenters. The molecule has 1 aliphatic rings. The normalized spacial score (nSPS) is 18.6. The van der Waals surface area contributed by atoms with Crippen LogP contribution in [0.3, 0.4) is 0 Å². The molecule has 0 saturated carbocycles. The van der Waals surface area contributed by atoms with E-state index in [1.165, 1.54) is 11.1 Å². The quantitative estimate of drug-likeness (QED) is 0.891. The Morgan fingerprint density at radius 2 is 2.00 bits per heavy atom. The molecule has 2 unspecified atom stereocenters. The summed E-state index contributed by atoms with van der Waals surface area (Å²) < 4.78 is 14.3. The first-order valence-electron chi connectivity index (χ1n) is 6.36. The van der Waals surface area contributed by atoms with Gasteiger partial charge in [0.05, 0.1) is 10.6 Å². The maximum atomic E-state index is 13.9. The Labute approximate surface area is 120 Å². The predicted molar refractivity (Wildman–Crippen MR) is 76.6 cm³/mol. The Balaban J connectivity index is 1.77. The number of aliphatic hydroxyl groups excluding tert-OH is 1. The van der Waals surface area contributed by atoms with E-state index in [9.17, 15) is 9.50 Å². The van der Waals surface area contributed by atoms with Crippen LogP contribution in [0.25, 0.3) is 0 Å². The van der Waals surface area contributed by atoms with Crippen molar-refractivity contribution in [2.45, 2.75) is 24.9 Å². The molecule has 3 heteroatoms. The second kappa shape index (κ2) is 5.06. The van der Waals surface area contributed by atoms with Gasteiger partial charge in [0.15, 0.2) is 0 Å². The van der Waals surface area contributed by atoms with E-state index in [1.54, 1.807) is 18.2 Å². The number of benzene rings is 2. The van der Waals surface area contributed by atoms with E-state index in [2.05, 4.69) is 28.1 Å². The van der Waals surface area contributed by atoms with Crippen LogP contribution in [0.4, 0.5) is 4.39 Å². The molecule has 0 heterocycles. The van der Waals surface area contributed by atoms with E-state index in [4.69, 9.17) is 0 Å². The van der Waals surface area contributed by atoms with Crippen LogP contribution in [0.1, 0.15) is 35.1 Å². The van der Waals surface area contributed by atoms with E-state index in [0.717, 1.165) is 6.42 Å². The number of hydrogen-bond acceptors (Lipinski definition) is 1. The molecular formula is C16H14BrFO. The third-order valence-corrected chi connectivity index (χ3v) is 4.42. The standard InChI is InChI=1S/C16H14BrFO/c17-14-7-3-6-13(16(14)18)15(19)9-11-8-10-4-1-2-5-12(10)11/h1-7,11,15,19H,8-9H2. The molecule has 0 amide bonds. The summed E-state index contributed by atoms with van der Waals surface area (Å²) in [6.45, 7) is 0. The van der Waals surface area contributed by atoms with Gasteiger partial charge in [0, 0.05) is 5.56 Å². The van der Waals surface area contributed by atoms with Crippen molar-refractivity contribution in [3.8, 4) is 0 Å². The molecule has 0 radical (unpaired) electrons. The van der Waals surface area contributed by atoms with E-state index >= 15 is 0 Å². The highest BCUT2D eigenvalue weighted by molar-refractivity contribution is 9.10. The Morgan fingerprint density at radius 3 is 2.79 bits per heavy atom. The minimum absolute atomic E-state index is 0.338. The van der Waals surface area contributed by atoms with Gasteiger partial charge in [0.2, 0.25) is 0 Å². The lowest BCUT2D eigenvalue weighted by atomic mass is 9.74. The highest BCUT2D eigenvalue weighted by atomic mass is 79.9. The van der Waals surface area contributed by atoms with Crippen molar-refractivity contribution >= 4 is 15.9 Å². The van der Waals surface area contributed by atoms with Gasteiger partial charge in [-0.25, -0.2) is 4.39 Å². The van der Waals surface area contributed by atoms with Crippen molar-refractivity contribution in [1.29, 1.82) is 0 Å². The lowest BCUT2D eigenvalue weighted by Gasteiger charge is -2.31. The van der Waals surface area contributed by atoms with Crippen molar-refractivity contribution < 1.29 is 9.50 Å². The van der Waals surface area contributed by atoms with Crippen LogP contribution in [0.5, 0.6) is 0 Å². The Kier molecular flexibility index (Phi) is 3.42. The Morgan fingerprint density at radius 1 is 1.21 bits per heavy atom. The number of fused-ring (bicyclic) bond motifs is 1. The number of halogens is 2. The predicted octanol–water partition coefficient (Wildman–Crippen LogP) is 4.35. The number of aliphatic hydroxyl groups is 1. The van der Waals surface area contributed by atoms with Crippen molar-refractivity contribution in [3.63, 3.8) is 0 Å². The van der Waals surface area contributed by atoms with Gasteiger partial charge in [0.1, 0.15) is 5.82 Å². The van der Waals surface area contributed by atoms with Gasteiger partial charge in [-0.15, -0.1) is 0 Å². The molecule has 1 aliphatic carbocycles. The summed E-state index contributed by atoms with van der Waals surface area (Å²) >= 11 is 3.15.